The van der Waals surface area contributed by atoms with E-state index in [0.29, 0.717) is 5.69 Å². The van der Waals surface area contributed by atoms with Crippen LogP contribution in [0.2, 0.25) is 0 Å². The van der Waals surface area contributed by atoms with Gasteiger partial charge in [0, 0.05) is 18.5 Å². The minimum atomic E-state index is -0.457. The highest BCUT2D eigenvalue weighted by Gasteiger charge is 2.13. The van der Waals surface area contributed by atoms with Crippen molar-refractivity contribution < 1.29 is 18.0 Å². The number of hydrogen-bond donors (Lipinski definition) is 1. The predicted molar refractivity (Wildman–Crippen MR) is 83.0 cm³/mol. The van der Waals surface area contributed by atoms with Crippen molar-refractivity contribution in [2.24, 2.45) is 0 Å². The molecule has 5 nitrogen and oxygen atoms in total. The molecule has 0 aliphatic carbocycles. The average Bonchev–Trinajstić information content (AvgIpc) is 3.04. The molecule has 0 radical (unpaired) electrons. The number of nitrogens with zero attached hydrogens (tertiary/aromatic N) is 2. The number of nitrogens with one attached hydrogen (secondary N) is 1. The van der Waals surface area contributed by atoms with Crippen LogP contribution in [0, 0.1) is 11.6 Å². The van der Waals surface area contributed by atoms with Crippen molar-refractivity contribution in [3.8, 4) is 11.5 Å². The van der Waals surface area contributed by atoms with Gasteiger partial charge < -0.3 is 9.73 Å². The zero-order chi connectivity index (χ0) is 16.9. The highest BCUT2D eigenvalue weighted by molar-refractivity contribution is 5.90. The summed E-state index contributed by atoms with van der Waals surface area (Å²) in [6.07, 6.45) is 0.324. The molecule has 1 aromatic heterocycles. The number of benzene rings is 2. The molecular formula is C17H13F2N3O2. The van der Waals surface area contributed by atoms with Crippen LogP contribution >= 0.6 is 0 Å². The Labute approximate surface area is 136 Å². The van der Waals surface area contributed by atoms with E-state index in [1.807, 2.05) is 0 Å². The van der Waals surface area contributed by atoms with Crippen LogP contribution in [0.4, 0.5) is 14.5 Å². The van der Waals surface area contributed by atoms with E-state index in [1.54, 1.807) is 12.1 Å². The van der Waals surface area contributed by atoms with Gasteiger partial charge in [0.15, 0.2) is 0 Å². The van der Waals surface area contributed by atoms with Crippen LogP contribution in [0.25, 0.3) is 11.5 Å². The van der Waals surface area contributed by atoms with Crippen molar-refractivity contribution in [1.29, 1.82) is 0 Å². The van der Waals surface area contributed by atoms with E-state index < -0.39 is 5.82 Å². The number of rotatable bonds is 5. The maximum atomic E-state index is 13.7. The van der Waals surface area contributed by atoms with E-state index >= 15 is 0 Å². The van der Waals surface area contributed by atoms with E-state index in [9.17, 15) is 13.6 Å². The quantitative estimate of drug-likeness (QED) is 0.777. The molecule has 3 aromatic rings. The third-order valence-electron chi connectivity index (χ3n) is 3.27. The van der Waals surface area contributed by atoms with Crippen LogP contribution in [0.3, 0.4) is 0 Å². The monoisotopic (exact) mass is 329 g/mol. The maximum absolute atomic E-state index is 13.7. The Morgan fingerprint density at radius 1 is 1.04 bits per heavy atom. The largest absolute Gasteiger partial charge is 0.421 e. The Balaban J connectivity index is 1.58. The Morgan fingerprint density at radius 3 is 2.54 bits per heavy atom. The Morgan fingerprint density at radius 2 is 1.79 bits per heavy atom. The van der Waals surface area contributed by atoms with Gasteiger partial charge in [-0.1, -0.05) is 12.1 Å². The summed E-state index contributed by atoms with van der Waals surface area (Å²) in [6, 6.07) is 11.5. The predicted octanol–water partition coefficient (Wildman–Crippen LogP) is 3.59. The van der Waals surface area contributed by atoms with Gasteiger partial charge in [-0.15, -0.1) is 10.2 Å². The molecule has 0 aliphatic rings. The molecule has 3 rings (SSSR count). The van der Waals surface area contributed by atoms with Crippen molar-refractivity contribution >= 4 is 11.6 Å². The minimum absolute atomic E-state index is 0.0713. The normalized spacial score (nSPS) is 10.6. The molecule has 0 fully saturated rings. The van der Waals surface area contributed by atoms with Gasteiger partial charge in [-0.2, -0.15) is 0 Å². The van der Waals surface area contributed by atoms with Gasteiger partial charge in [0.2, 0.25) is 11.8 Å². The molecule has 1 amide bonds. The lowest BCUT2D eigenvalue weighted by atomic mass is 10.2. The third-order valence-corrected chi connectivity index (χ3v) is 3.27. The lowest BCUT2D eigenvalue weighted by molar-refractivity contribution is -0.116. The molecule has 0 aliphatic heterocycles. The molecule has 1 heterocycles. The summed E-state index contributed by atoms with van der Waals surface area (Å²) in [4.78, 5) is 11.8. The summed E-state index contributed by atoms with van der Waals surface area (Å²) in [5, 5.41) is 10.2. The summed E-state index contributed by atoms with van der Waals surface area (Å²) >= 11 is 0. The van der Waals surface area contributed by atoms with Gasteiger partial charge in [-0.3, -0.25) is 4.79 Å². The van der Waals surface area contributed by atoms with Crippen molar-refractivity contribution in [2.45, 2.75) is 12.8 Å². The number of aromatic nitrogens is 2. The first kappa shape index (κ1) is 15.8. The lowest BCUT2D eigenvalue weighted by Gasteiger charge is -2.03. The van der Waals surface area contributed by atoms with Gasteiger partial charge in [0.05, 0.1) is 5.56 Å². The molecule has 0 unspecified atom stereocenters. The van der Waals surface area contributed by atoms with Crippen LogP contribution in [0.5, 0.6) is 0 Å². The van der Waals surface area contributed by atoms with Crippen LogP contribution in [0.1, 0.15) is 12.3 Å². The van der Waals surface area contributed by atoms with Crippen LogP contribution in [0.15, 0.2) is 52.9 Å². The molecule has 0 saturated carbocycles. The lowest BCUT2D eigenvalue weighted by Crippen LogP contribution is -2.12. The second-order valence-electron chi connectivity index (χ2n) is 5.04. The summed E-state index contributed by atoms with van der Waals surface area (Å²) in [6.45, 7) is 0. The van der Waals surface area contributed by atoms with Crippen molar-refractivity contribution in [3.63, 3.8) is 0 Å². The van der Waals surface area contributed by atoms with Gasteiger partial charge in [0.25, 0.3) is 5.89 Å². The van der Waals surface area contributed by atoms with Crippen molar-refractivity contribution in [3.05, 3.63) is 66.1 Å². The summed E-state index contributed by atoms with van der Waals surface area (Å²) in [7, 11) is 0. The Bertz CT molecular complexity index is 847. The zero-order valence-electron chi connectivity index (χ0n) is 12.5. The smallest absolute Gasteiger partial charge is 0.250 e. The number of aryl methyl sites for hydroxylation is 1. The molecule has 122 valence electrons. The van der Waals surface area contributed by atoms with Gasteiger partial charge in [0.1, 0.15) is 11.6 Å². The summed E-state index contributed by atoms with van der Waals surface area (Å²) < 4.78 is 31.8. The molecule has 2 aromatic carbocycles. The number of hydrogen-bond acceptors (Lipinski definition) is 4. The first-order valence-electron chi connectivity index (χ1n) is 7.24. The van der Waals surface area contributed by atoms with E-state index in [2.05, 4.69) is 15.5 Å². The number of halogens is 2. The van der Waals surface area contributed by atoms with Crippen LogP contribution < -0.4 is 5.32 Å². The fourth-order valence-electron chi connectivity index (χ4n) is 2.08. The first-order valence-corrected chi connectivity index (χ1v) is 7.24. The van der Waals surface area contributed by atoms with E-state index in [4.69, 9.17) is 4.42 Å². The maximum Gasteiger partial charge on any atom is 0.250 e. The molecular weight excluding hydrogens is 316 g/mol. The first-order chi connectivity index (χ1) is 11.6. The van der Waals surface area contributed by atoms with Crippen molar-refractivity contribution in [2.75, 3.05) is 5.32 Å². The molecule has 0 spiro atoms. The summed E-state index contributed by atoms with van der Waals surface area (Å²) in [5.41, 5.74) is 0.714. The second kappa shape index (κ2) is 6.99. The highest BCUT2D eigenvalue weighted by atomic mass is 19.1. The number of carbonyl (C=O) groups excluding carboxylic acids is 1. The highest BCUT2D eigenvalue weighted by Crippen LogP contribution is 2.21. The average molecular weight is 329 g/mol. The number of amides is 1. The van der Waals surface area contributed by atoms with Gasteiger partial charge in [-0.25, -0.2) is 8.78 Å². The molecule has 0 bridgehead atoms. The zero-order valence-corrected chi connectivity index (χ0v) is 12.5. The minimum Gasteiger partial charge on any atom is -0.421 e. The number of anilines is 1. The Kier molecular flexibility index (Phi) is 4.60. The third kappa shape index (κ3) is 3.81. The molecule has 1 N–H and O–H groups in total. The molecule has 0 saturated heterocycles. The fourth-order valence-corrected chi connectivity index (χ4v) is 2.08. The molecule has 0 atom stereocenters. The van der Waals surface area contributed by atoms with E-state index in [1.165, 1.54) is 36.4 Å². The number of carbonyl (C=O) groups is 1. The summed E-state index contributed by atoms with van der Waals surface area (Å²) in [5.74, 6) is -0.793. The topological polar surface area (TPSA) is 68.0 Å². The SMILES string of the molecule is O=C(CCc1nnc(-c2ccccc2F)o1)Nc1ccc(F)cc1. The van der Waals surface area contributed by atoms with Crippen LogP contribution in [-0.2, 0) is 11.2 Å². The molecule has 7 heteroatoms. The van der Waals surface area contributed by atoms with Gasteiger partial charge in [-0.05, 0) is 36.4 Å². The van der Waals surface area contributed by atoms with Crippen molar-refractivity contribution in [1.82, 2.24) is 10.2 Å². The second-order valence-corrected chi connectivity index (χ2v) is 5.04. The van der Waals surface area contributed by atoms with Crippen LogP contribution in [-0.4, -0.2) is 16.1 Å². The Hall–Kier alpha value is -3.09. The van der Waals surface area contributed by atoms with E-state index in [0.717, 1.165) is 0 Å². The fraction of sp³-hybridized carbons (Fsp3) is 0.118. The molecule has 24 heavy (non-hydrogen) atoms. The van der Waals surface area contributed by atoms with E-state index in [-0.39, 0.29) is 41.9 Å². The standard InChI is InChI=1S/C17H13F2N3O2/c18-11-5-7-12(8-6-11)20-15(23)9-10-16-21-22-17(24-16)13-3-1-2-4-14(13)19/h1-8H,9-10H2,(H,20,23). The van der Waals surface area contributed by atoms with Gasteiger partial charge >= 0.3 is 0 Å².